The largest absolute Gasteiger partial charge is 0.303 e. The van der Waals surface area contributed by atoms with Crippen LogP contribution < -0.4 is 0 Å². The van der Waals surface area contributed by atoms with Crippen molar-refractivity contribution in [2.45, 2.75) is 59.3 Å². The Bertz CT molecular complexity index is 176. The van der Waals surface area contributed by atoms with Gasteiger partial charge < -0.3 is 4.79 Å². The van der Waals surface area contributed by atoms with Gasteiger partial charge in [0.15, 0.2) is 0 Å². The maximum absolute atomic E-state index is 10.6. The van der Waals surface area contributed by atoms with Gasteiger partial charge in [0.2, 0.25) is 0 Å². The second-order valence-electron chi connectivity index (χ2n) is 5.49. The van der Waals surface area contributed by atoms with Gasteiger partial charge >= 0.3 is 0 Å². The molecule has 14 heavy (non-hydrogen) atoms. The van der Waals surface area contributed by atoms with Crippen molar-refractivity contribution < 1.29 is 4.79 Å². The van der Waals surface area contributed by atoms with Crippen molar-refractivity contribution in [3.05, 3.63) is 0 Å². The minimum absolute atomic E-state index is 0.365. The van der Waals surface area contributed by atoms with Gasteiger partial charge in [0, 0.05) is 5.92 Å². The molecule has 0 N–H and O–H groups in total. The van der Waals surface area contributed by atoms with Crippen LogP contribution in [0.15, 0.2) is 0 Å². The Morgan fingerprint density at radius 1 is 1.21 bits per heavy atom. The second-order valence-corrected chi connectivity index (χ2v) is 5.49. The predicted octanol–water partition coefficient (Wildman–Crippen LogP) is 3.82. The highest BCUT2D eigenvalue weighted by Gasteiger charge is 2.32. The van der Waals surface area contributed by atoms with E-state index in [0.29, 0.717) is 11.3 Å². The lowest BCUT2D eigenvalue weighted by atomic mass is 9.67. The molecule has 1 aliphatic rings. The molecule has 1 rings (SSSR count). The van der Waals surface area contributed by atoms with Crippen LogP contribution in [-0.4, -0.2) is 6.29 Å². The van der Waals surface area contributed by atoms with E-state index in [1.807, 2.05) is 0 Å². The van der Waals surface area contributed by atoms with Crippen LogP contribution in [0.25, 0.3) is 0 Å². The highest BCUT2D eigenvalue weighted by atomic mass is 16.1. The van der Waals surface area contributed by atoms with E-state index in [9.17, 15) is 4.79 Å². The minimum Gasteiger partial charge on any atom is -0.303 e. The summed E-state index contributed by atoms with van der Waals surface area (Å²) in [4.78, 5) is 10.6. The molecule has 0 aromatic heterocycles. The summed E-state index contributed by atoms with van der Waals surface area (Å²) in [7, 11) is 0. The highest BCUT2D eigenvalue weighted by molar-refractivity contribution is 5.53. The molecular weight excluding hydrogens is 172 g/mol. The van der Waals surface area contributed by atoms with Crippen LogP contribution in [0.1, 0.15) is 59.3 Å². The molecule has 0 atom stereocenters. The zero-order valence-electron chi connectivity index (χ0n) is 9.88. The van der Waals surface area contributed by atoms with Gasteiger partial charge in [-0.25, -0.2) is 0 Å². The molecule has 1 fully saturated rings. The lowest BCUT2D eigenvalue weighted by molar-refractivity contribution is -0.112. The molecule has 1 saturated carbocycles. The molecule has 0 unspecified atom stereocenters. The maximum Gasteiger partial charge on any atom is 0.123 e. The molecule has 0 radical (unpaired) electrons. The summed E-state index contributed by atoms with van der Waals surface area (Å²) >= 11 is 0. The first-order valence-electron chi connectivity index (χ1n) is 6.05. The van der Waals surface area contributed by atoms with Crippen LogP contribution in [0.5, 0.6) is 0 Å². The van der Waals surface area contributed by atoms with Gasteiger partial charge in [-0.3, -0.25) is 0 Å². The van der Waals surface area contributed by atoms with Crippen LogP contribution in [0.4, 0.5) is 0 Å². The zero-order valence-corrected chi connectivity index (χ0v) is 9.88. The maximum atomic E-state index is 10.6. The lowest BCUT2D eigenvalue weighted by Gasteiger charge is -2.38. The summed E-state index contributed by atoms with van der Waals surface area (Å²) in [6.07, 6.45) is 8.53. The fourth-order valence-electron chi connectivity index (χ4n) is 2.89. The first-order chi connectivity index (χ1) is 6.60. The van der Waals surface area contributed by atoms with E-state index in [0.717, 1.165) is 25.0 Å². The van der Waals surface area contributed by atoms with E-state index < -0.39 is 0 Å². The van der Waals surface area contributed by atoms with Crippen LogP contribution in [0.3, 0.4) is 0 Å². The molecule has 0 aliphatic heterocycles. The Morgan fingerprint density at radius 3 is 2.21 bits per heavy atom. The number of aldehydes is 1. The molecule has 82 valence electrons. The Hall–Kier alpha value is -0.330. The summed E-state index contributed by atoms with van der Waals surface area (Å²) in [6, 6.07) is 0. The average molecular weight is 196 g/mol. The molecule has 0 amide bonds. The molecule has 0 spiro atoms. The van der Waals surface area contributed by atoms with Gasteiger partial charge in [0.05, 0.1) is 0 Å². The summed E-state index contributed by atoms with van der Waals surface area (Å²) in [5.74, 6) is 1.21. The number of hydrogen-bond acceptors (Lipinski definition) is 1. The van der Waals surface area contributed by atoms with Gasteiger partial charge in [0.1, 0.15) is 6.29 Å². The quantitative estimate of drug-likeness (QED) is 0.625. The predicted molar refractivity (Wildman–Crippen MR) is 60.2 cm³/mol. The molecule has 0 heterocycles. The van der Waals surface area contributed by atoms with Crippen molar-refractivity contribution in [2.75, 3.05) is 0 Å². The first-order valence-corrected chi connectivity index (χ1v) is 6.05. The Labute approximate surface area is 88.3 Å². The molecule has 1 aliphatic carbocycles. The third-order valence-corrected chi connectivity index (χ3v) is 3.96. The standard InChI is InChI=1S/C13H24O/c1-4-9-13(2,3)12-7-5-11(10-14)6-8-12/h10-12H,4-9H2,1-3H3. The third kappa shape index (κ3) is 2.83. The van der Waals surface area contributed by atoms with E-state index in [-0.39, 0.29) is 0 Å². The van der Waals surface area contributed by atoms with Crippen LogP contribution in [0, 0.1) is 17.3 Å². The topological polar surface area (TPSA) is 17.1 Å². The monoisotopic (exact) mass is 196 g/mol. The summed E-state index contributed by atoms with van der Waals surface area (Å²) in [6.45, 7) is 7.05. The van der Waals surface area contributed by atoms with E-state index in [1.54, 1.807) is 0 Å². The van der Waals surface area contributed by atoms with Crippen molar-refractivity contribution in [1.29, 1.82) is 0 Å². The fourth-order valence-corrected chi connectivity index (χ4v) is 2.89. The highest BCUT2D eigenvalue weighted by Crippen LogP contribution is 2.42. The number of hydrogen-bond donors (Lipinski definition) is 0. The van der Waals surface area contributed by atoms with E-state index in [1.165, 1.54) is 25.7 Å². The molecule has 0 aromatic rings. The van der Waals surface area contributed by atoms with Crippen LogP contribution in [-0.2, 0) is 4.79 Å². The summed E-state index contributed by atoms with van der Waals surface area (Å²) in [5.41, 5.74) is 0.489. The van der Waals surface area contributed by atoms with Gasteiger partial charge in [-0.05, 0) is 43.4 Å². The SMILES string of the molecule is CCCC(C)(C)C1CCC(C=O)CC1. The Morgan fingerprint density at radius 2 is 1.79 bits per heavy atom. The van der Waals surface area contributed by atoms with Crippen LogP contribution in [0.2, 0.25) is 0 Å². The van der Waals surface area contributed by atoms with E-state index in [4.69, 9.17) is 0 Å². The number of rotatable bonds is 4. The molecule has 0 bridgehead atoms. The Balaban J connectivity index is 2.44. The van der Waals surface area contributed by atoms with Crippen LogP contribution >= 0.6 is 0 Å². The van der Waals surface area contributed by atoms with Gasteiger partial charge in [-0.1, -0.05) is 27.2 Å². The van der Waals surface area contributed by atoms with Crippen molar-refractivity contribution in [3.8, 4) is 0 Å². The smallest absolute Gasteiger partial charge is 0.123 e. The normalized spacial score (nSPS) is 28.8. The van der Waals surface area contributed by atoms with Crippen molar-refractivity contribution in [3.63, 3.8) is 0 Å². The second kappa shape index (κ2) is 4.95. The lowest BCUT2D eigenvalue weighted by Crippen LogP contribution is -2.28. The van der Waals surface area contributed by atoms with Crippen molar-refractivity contribution in [1.82, 2.24) is 0 Å². The molecule has 0 saturated heterocycles. The summed E-state index contributed by atoms with van der Waals surface area (Å²) < 4.78 is 0. The molecular formula is C13H24O. The average Bonchev–Trinajstić information content (AvgIpc) is 2.18. The molecule has 1 heteroatoms. The van der Waals surface area contributed by atoms with Crippen molar-refractivity contribution >= 4 is 6.29 Å². The molecule has 0 aromatic carbocycles. The van der Waals surface area contributed by atoms with E-state index >= 15 is 0 Å². The third-order valence-electron chi connectivity index (χ3n) is 3.96. The molecule has 1 nitrogen and oxygen atoms in total. The first kappa shape index (κ1) is 11.7. The minimum atomic E-state index is 0.365. The Kier molecular flexibility index (Phi) is 4.15. The zero-order chi connectivity index (χ0) is 10.6. The number of carbonyl (C=O) groups is 1. The summed E-state index contributed by atoms with van der Waals surface area (Å²) in [5, 5.41) is 0. The fraction of sp³-hybridized carbons (Fsp3) is 0.923. The van der Waals surface area contributed by atoms with Gasteiger partial charge in [0.25, 0.3) is 0 Å². The van der Waals surface area contributed by atoms with Crippen molar-refractivity contribution in [2.24, 2.45) is 17.3 Å². The van der Waals surface area contributed by atoms with Gasteiger partial charge in [-0.2, -0.15) is 0 Å². The van der Waals surface area contributed by atoms with E-state index in [2.05, 4.69) is 20.8 Å². The van der Waals surface area contributed by atoms with Gasteiger partial charge in [-0.15, -0.1) is 0 Å². The number of carbonyl (C=O) groups excluding carboxylic acids is 1.